The fraction of sp³-hybridized carbons (Fsp3) is 0.458. The minimum absolute atomic E-state index is 0.0631. The van der Waals surface area contributed by atoms with Gasteiger partial charge in [-0.05, 0) is 64.1 Å². The molecule has 4 N–H and O–H groups in total. The third-order valence-electron chi connectivity index (χ3n) is 6.43. The predicted molar refractivity (Wildman–Crippen MR) is 125 cm³/mol. The van der Waals surface area contributed by atoms with Gasteiger partial charge in [-0.15, -0.1) is 0 Å². The molecule has 176 valence electrons. The fourth-order valence-electron chi connectivity index (χ4n) is 4.45. The lowest BCUT2D eigenvalue weighted by Crippen LogP contribution is -2.32. The lowest BCUT2D eigenvalue weighted by molar-refractivity contribution is 0.0784. The molecular weight excluding hydrogens is 445 g/mol. The molecule has 0 saturated heterocycles. The van der Waals surface area contributed by atoms with Crippen molar-refractivity contribution in [1.82, 2.24) is 14.9 Å². The van der Waals surface area contributed by atoms with Gasteiger partial charge >= 0.3 is 0 Å². The average Bonchev–Trinajstić information content (AvgIpc) is 3.19. The molecule has 1 aromatic heterocycles. The van der Waals surface area contributed by atoms with Crippen molar-refractivity contribution in [2.75, 3.05) is 19.6 Å². The monoisotopic (exact) mass is 473 g/mol. The van der Waals surface area contributed by atoms with E-state index in [1.54, 1.807) is 18.7 Å². The highest BCUT2D eigenvalue weighted by Gasteiger charge is 2.31. The number of nitrogens with two attached hydrogens (primary N) is 2. The largest absolute Gasteiger partial charge is 0.489 e. The quantitative estimate of drug-likeness (QED) is 0.686. The van der Waals surface area contributed by atoms with E-state index in [0.29, 0.717) is 51.5 Å². The highest BCUT2D eigenvalue weighted by Crippen LogP contribution is 2.32. The molecule has 0 unspecified atom stereocenters. The molecule has 2 heterocycles. The topological polar surface area (TPSA) is 107 Å². The lowest BCUT2D eigenvalue weighted by atomic mass is 9.87. The molecule has 0 atom stereocenters. The van der Waals surface area contributed by atoms with Gasteiger partial charge in [0.05, 0.1) is 41.2 Å². The van der Waals surface area contributed by atoms with Crippen LogP contribution < -0.4 is 16.2 Å². The molecule has 1 fully saturated rings. The van der Waals surface area contributed by atoms with E-state index in [1.807, 2.05) is 0 Å². The fourth-order valence-corrected chi connectivity index (χ4v) is 4.54. The highest BCUT2D eigenvalue weighted by molar-refractivity contribution is 6.31. The minimum Gasteiger partial charge on any atom is -0.489 e. The number of rotatable bonds is 5. The third-order valence-corrected chi connectivity index (χ3v) is 6.98. The molecule has 1 aliphatic heterocycles. The lowest BCUT2D eigenvalue weighted by Gasteiger charge is -2.29. The number of amides is 1. The maximum Gasteiger partial charge on any atom is 0.258 e. The summed E-state index contributed by atoms with van der Waals surface area (Å²) in [6, 6.07) is 4.03. The Morgan fingerprint density at radius 3 is 2.48 bits per heavy atom. The van der Waals surface area contributed by atoms with Crippen LogP contribution in [-0.4, -0.2) is 46.5 Å². The first-order valence-corrected chi connectivity index (χ1v) is 11.6. The smallest absolute Gasteiger partial charge is 0.258 e. The van der Waals surface area contributed by atoms with Crippen LogP contribution in [-0.2, 0) is 0 Å². The van der Waals surface area contributed by atoms with Crippen LogP contribution in [0.3, 0.4) is 0 Å². The van der Waals surface area contributed by atoms with Crippen LogP contribution in [0.4, 0.5) is 4.39 Å². The zero-order chi connectivity index (χ0) is 23.7. The molecule has 1 amide bonds. The summed E-state index contributed by atoms with van der Waals surface area (Å²) in [6.45, 7) is 4.76. The first kappa shape index (κ1) is 23.4. The van der Waals surface area contributed by atoms with Crippen LogP contribution in [0.5, 0.6) is 5.75 Å². The molecule has 0 bridgehead atoms. The molecule has 9 heteroatoms. The maximum atomic E-state index is 14.0. The van der Waals surface area contributed by atoms with E-state index in [0.717, 1.165) is 25.7 Å². The molecule has 7 nitrogen and oxygen atoms in total. The zero-order valence-electron chi connectivity index (χ0n) is 18.9. The van der Waals surface area contributed by atoms with Gasteiger partial charge in [0, 0.05) is 17.3 Å². The van der Waals surface area contributed by atoms with Crippen molar-refractivity contribution >= 4 is 23.1 Å². The van der Waals surface area contributed by atoms with Crippen LogP contribution in [0, 0.1) is 25.6 Å². The number of carbonyl (C=O) groups is 1. The van der Waals surface area contributed by atoms with Crippen LogP contribution in [0.1, 0.15) is 53.3 Å². The van der Waals surface area contributed by atoms with Gasteiger partial charge in [0.1, 0.15) is 11.6 Å². The Morgan fingerprint density at radius 1 is 1.18 bits per heavy atom. The Morgan fingerprint density at radius 2 is 1.85 bits per heavy atom. The Hall–Kier alpha value is -2.71. The van der Waals surface area contributed by atoms with E-state index in [2.05, 4.69) is 9.97 Å². The number of benzene rings is 1. The average molecular weight is 474 g/mol. The van der Waals surface area contributed by atoms with Crippen molar-refractivity contribution in [3.63, 3.8) is 0 Å². The Kier molecular flexibility index (Phi) is 6.86. The van der Waals surface area contributed by atoms with E-state index in [4.69, 9.17) is 27.8 Å². The number of ether oxygens (including phenoxy) is 1. The van der Waals surface area contributed by atoms with Gasteiger partial charge in [0.15, 0.2) is 5.82 Å². The number of halogens is 2. The number of hydrogen-bond donors (Lipinski definition) is 2. The molecule has 0 radical (unpaired) electrons. The van der Waals surface area contributed by atoms with Gasteiger partial charge < -0.3 is 21.1 Å². The molecule has 4 rings (SSSR count). The molecule has 2 aromatic rings. The van der Waals surface area contributed by atoms with Crippen molar-refractivity contribution in [3.8, 4) is 5.75 Å². The second-order valence-corrected chi connectivity index (χ2v) is 9.21. The number of aromatic nitrogens is 2. The van der Waals surface area contributed by atoms with Gasteiger partial charge in [-0.3, -0.25) is 4.79 Å². The molecular formula is C24H29ClFN5O2. The van der Waals surface area contributed by atoms with Gasteiger partial charge in [-0.1, -0.05) is 11.6 Å². The second-order valence-electron chi connectivity index (χ2n) is 8.83. The summed E-state index contributed by atoms with van der Waals surface area (Å²) in [5.74, 6) is 0.503. The molecule has 33 heavy (non-hydrogen) atoms. The summed E-state index contributed by atoms with van der Waals surface area (Å²) in [5.41, 5.74) is 14.9. The third kappa shape index (κ3) is 4.96. The highest BCUT2D eigenvalue weighted by atomic mass is 35.5. The standard InChI is InChI=1S/C24H29ClFN5O2/c1-13-22(25)14(2)30-23(29-13)19-11-31(12-20(19)28)24(32)18-8-5-16(26)9-21(18)33-17-6-3-15(10-27)4-7-17/h5,8-9,15,17H,3-4,6-7,10-12,27-28H2,1-2H3. The Labute approximate surface area is 198 Å². The maximum absolute atomic E-state index is 14.0. The summed E-state index contributed by atoms with van der Waals surface area (Å²) in [5, 5.41) is 0.512. The van der Waals surface area contributed by atoms with Gasteiger partial charge in [-0.25, -0.2) is 14.4 Å². The van der Waals surface area contributed by atoms with E-state index >= 15 is 0 Å². The summed E-state index contributed by atoms with van der Waals surface area (Å²) in [4.78, 5) is 23.9. The van der Waals surface area contributed by atoms with Crippen LogP contribution in [0.25, 0.3) is 5.57 Å². The molecule has 1 aromatic carbocycles. The van der Waals surface area contributed by atoms with Crippen molar-refractivity contribution in [2.45, 2.75) is 45.6 Å². The van der Waals surface area contributed by atoms with Gasteiger partial charge in [0.25, 0.3) is 5.91 Å². The van der Waals surface area contributed by atoms with E-state index in [-0.39, 0.29) is 30.9 Å². The SMILES string of the molecule is Cc1nc(C2=C(N)CN(C(=O)c3ccc(F)cc3OC3CCC(CN)CC3)C2)nc(C)c1Cl. The Balaban J connectivity index is 1.52. The van der Waals surface area contributed by atoms with Crippen molar-refractivity contribution in [1.29, 1.82) is 0 Å². The number of carbonyl (C=O) groups excluding carboxylic acids is 1. The van der Waals surface area contributed by atoms with Gasteiger partial charge in [0.2, 0.25) is 0 Å². The van der Waals surface area contributed by atoms with Crippen molar-refractivity contribution < 1.29 is 13.9 Å². The summed E-state index contributed by atoms with van der Waals surface area (Å²) >= 11 is 6.19. The normalized spacial score (nSPS) is 20.9. The molecule has 0 spiro atoms. The van der Waals surface area contributed by atoms with Gasteiger partial charge in [-0.2, -0.15) is 0 Å². The molecule has 1 aliphatic carbocycles. The minimum atomic E-state index is -0.447. The zero-order valence-corrected chi connectivity index (χ0v) is 19.7. The number of nitrogens with zero attached hydrogens (tertiary/aromatic N) is 3. The Bertz CT molecular complexity index is 1080. The van der Waals surface area contributed by atoms with Crippen molar-refractivity contribution in [3.05, 3.63) is 57.5 Å². The van der Waals surface area contributed by atoms with E-state index in [1.165, 1.54) is 18.2 Å². The second kappa shape index (κ2) is 9.65. The molecule has 2 aliphatic rings. The van der Waals surface area contributed by atoms with Crippen LogP contribution >= 0.6 is 11.6 Å². The van der Waals surface area contributed by atoms with Crippen LogP contribution in [0.15, 0.2) is 23.9 Å². The van der Waals surface area contributed by atoms with E-state index < -0.39 is 5.82 Å². The first-order chi connectivity index (χ1) is 15.8. The van der Waals surface area contributed by atoms with Crippen molar-refractivity contribution in [2.24, 2.45) is 17.4 Å². The number of aryl methyl sites for hydroxylation is 2. The van der Waals surface area contributed by atoms with Crippen LogP contribution in [0.2, 0.25) is 5.02 Å². The summed E-state index contributed by atoms with van der Waals surface area (Å²) < 4.78 is 20.1. The molecule has 1 saturated carbocycles. The predicted octanol–water partition coefficient (Wildman–Crippen LogP) is 3.61. The summed E-state index contributed by atoms with van der Waals surface area (Å²) in [6.07, 6.45) is 3.54. The number of hydrogen-bond acceptors (Lipinski definition) is 6. The van der Waals surface area contributed by atoms with E-state index in [9.17, 15) is 9.18 Å². The summed E-state index contributed by atoms with van der Waals surface area (Å²) in [7, 11) is 0. The first-order valence-electron chi connectivity index (χ1n) is 11.2.